The zero-order valence-electron chi connectivity index (χ0n) is 11.8. The van der Waals surface area contributed by atoms with Crippen molar-refractivity contribution in [2.45, 2.75) is 35.8 Å². The maximum Gasteiger partial charge on any atom is 0.304 e. The van der Waals surface area contributed by atoms with Gasteiger partial charge in [-0.2, -0.15) is 0 Å². The molecule has 2 rings (SSSR count). The van der Waals surface area contributed by atoms with Crippen LogP contribution in [0.1, 0.15) is 25.8 Å². The molecule has 5 nitrogen and oxygen atoms in total. The highest BCUT2D eigenvalue weighted by Gasteiger charge is 2.36. The van der Waals surface area contributed by atoms with E-state index in [0.717, 1.165) is 6.07 Å². The molecule has 7 heteroatoms. The summed E-state index contributed by atoms with van der Waals surface area (Å²) < 4.78 is 43.3. The third-order valence-electron chi connectivity index (χ3n) is 3.66. The summed E-state index contributed by atoms with van der Waals surface area (Å²) in [5.74, 6) is -1.85. The lowest BCUT2D eigenvalue weighted by Gasteiger charge is -2.27. The lowest BCUT2D eigenvalue weighted by Crippen LogP contribution is -2.41. The van der Waals surface area contributed by atoms with Crippen LogP contribution < -0.4 is 0 Å². The quantitative estimate of drug-likeness (QED) is 0.895. The summed E-state index contributed by atoms with van der Waals surface area (Å²) in [4.78, 5) is 10.5. The number of ether oxygens (including phenoxy) is 1. The highest BCUT2D eigenvalue weighted by molar-refractivity contribution is 7.92. The first-order chi connectivity index (χ1) is 9.64. The lowest BCUT2D eigenvalue weighted by molar-refractivity contribution is -0.138. The molecule has 0 aromatic heterocycles. The molecule has 1 saturated heterocycles. The highest BCUT2D eigenvalue weighted by Crippen LogP contribution is 2.31. The first kappa shape index (κ1) is 15.9. The SMILES string of the molecule is CC(C)(CC(=O)O)c1ccc(S(=O)(=O)C2COC2)c(F)c1. The molecule has 0 unspecified atom stereocenters. The second-order valence-electron chi connectivity index (χ2n) is 5.80. The van der Waals surface area contributed by atoms with Gasteiger partial charge in [0.1, 0.15) is 16.0 Å². The van der Waals surface area contributed by atoms with Crippen LogP contribution in [0.3, 0.4) is 0 Å². The van der Waals surface area contributed by atoms with E-state index in [4.69, 9.17) is 9.84 Å². The van der Waals surface area contributed by atoms with Crippen LogP contribution in [0, 0.1) is 5.82 Å². The van der Waals surface area contributed by atoms with Gasteiger partial charge in [-0.25, -0.2) is 12.8 Å². The second-order valence-corrected chi connectivity index (χ2v) is 8.00. The summed E-state index contributed by atoms with van der Waals surface area (Å²) in [5, 5.41) is 8.17. The van der Waals surface area contributed by atoms with Crippen molar-refractivity contribution < 1.29 is 27.4 Å². The number of hydrogen-bond donors (Lipinski definition) is 1. The van der Waals surface area contributed by atoms with Gasteiger partial charge in [0.25, 0.3) is 0 Å². The first-order valence-corrected chi connectivity index (χ1v) is 8.03. The Morgan fingerprint density at radius 2 is 2.05 bits per heavy atom. The topological polar surface area (TPSA) is 80.7 Å². The molecule has 0 radical (unpaired) electrons. The molecule has 0 amide bonds. The average Bonchev–Trinajstić information content (AvgIpc) is 2.23. The Balaban J connectivity index is 2.36. The molecule has 1 aliphatic heterocycles. The number of halogens is 1. The molecule has 0 aliphatic carbocycles. The predicted molar refractivity (Wildman–Crippen MR) is 73.5 cm³/mol. The van der Waals surface area contributed by atoms with E-state index in [2.05, 4.69) is 0 Å². The molecule has 21 heavy (non-hydrogen) atoms. The van der Waals surface area contributed by atoms with E-state index in [1.807, 2.05) is 0 Å². The van der Waals surface area contributed by atoms with Gasteiger partial charge in [-0.1, -0.05) is 19.9 Å². The minimum absolute atomic E-state index is 0.0774. The Kier molecular flexibility index (Phi) is 4.08. The number of carboxylic acids is 1. The molecular weight excluding hydrogens is 299 g/mol. The van der Waals surface area contributed by atoms with Crippen molar-refractivity contribution in [2.24, 2.45) is 0 Å². The van der Waals surface area contributed by atoms with E-state index in [1.54, 1.807) is 13.8 Å². The summed E-state index contributed by atoms with van der Waals surface area (Å²) in [7, 11) is -3.73. The molecule has 0 saturated carbocycles. The van der Waals surface area contributed by atoms with E-state index in [-0.39, 0.29) is 24.5 Å². The van der Waals surface area contributed by atoms with Gasteiger partial charge in [-0.05, 0) is 17.7 Å². The molecule has 116 valence electrons. The number of rotatable bonds is 5. The molecule has 1 N–H and O–H groups in total. The van der Waals surface area contributed by atoms with Crippen molar-refractivity contribution in [2.75, 3.05) is 13.2 Å². The summed E-state index contributed by atoms with van der Waals surface area (Å²) in [6.45, 7) is 3.50. The number of hydrogen-bond acceptors (Lipinski definition) is 4. The van der Waals surface area contributed by atoms with E-state index < -0.39 is 32.3 Å². The van der Waals surface area contributed by atoms with Gasteiger partial charge in [0, 0.05) is 5.41 Å². The summed E-state index contributed by atoms with van der Waals surface area (Å²) in [6, 6.07) is 3.79. The molecule has 1 aliphatic rings. The third-order valence-corrected chi connectivity index (χ3v) is 5.75. The Labute approximate surface area is 122 Å². The monoisotopic (exact) mass is 316 g/mol. The van der Waals surface area contributed by atoms with Gasteiger partial charge < -0.3 is 9.84 Å². The highest BCUT2D eigenvalue weighted by atomic mass is 32.2. The largest absolute Gasteiger partial charge is 0.481 e. The van der Waals surface area contributed by atoms with Crippen LogP contribution >= 0.6 is 0 Å². The molecule has 1 aromatic carbocycles. The Morgan fingerprint density at radius 1 is 1.43 bits per heavy atom. The maximum absolute atomic E-state index is 14.2. The summed E-state index contributed by atoms with van der Waals surface area (Å²) in [5.41, 5.74) is -0.333. The van der Waals surface area contributed by atoms with Crippen molar-refractivity contribution >= 4 is 15.8 Å². The number of carbonyl (C=O) groups is 1. The number of benzene rings is 1. The van der Waals surface area contributed by atoms with E-state index in [9.17, 15) is 17.6 Å². The molecule has 1 fully saturated rings. The van der Waals surface area contributed by atoms with Crippen molar-refractivity contribution in [1.82, 2.24) is 0 Å². The minimum Gasteiger partial charge on any atom is -0.481 e. The number of sulfone groups is 1. The van der Waals surface area contributed by atoms with Crippen molar-refractivity contribution in [3.63, 3.8) is 0 Å². The predicted octanol–water partition coefficient (Wildman–Crippen LogP) is 1.75. The standard InChI is InChI=1S/C14H17FO5S/c1-14(2,6-13(16)17)9-3-4-12(11(15)5-9)21(18,19)10-7-20-8-10/h3-5,10H,6-8H2,1-2H3,(H,16,17). The molecule has 1 heterocycles. The van der Waals surface area contributed by atoms with Crippen LogP contribution in [-0.4, -0.2) is 38.0 Å². The molecule has 0 spiro atoms. The van der Waals surface area contributed by atoms with Crippen LogP contribution in [0.25, 0.3) is 0 Å². The molecule has 0 atom stereocenters. The van der Waals surface area contributed by atoms with Crippen molar-refractivity contribution in [3.05, 3.63) is 29.6 Å². The fraction of sp³-hybridized carbons (Fsp3) is 0.500. The average molecular weight is 316 g/mol. The Hall–Kier alpha value is -1.47. The molecular formula is C14H17FO5S. The molecule has 1 aromatic rings. The van der Waals surface area contributed by atoms with Crippen LogP contribution in [0.2, 0.25) is 0 Å². The number of carboxylic acid groups (broad SMARTS) is 1. The van der Waals surface area contributed by atoms with Gasteiger partial charge in [-0.15, -0.1) is 0 Å². The Morgan fingerprint density at radius 3 is 2.48 bits per heavy atom. The normalized spacial score (nSPS) is 16.5. The van der Waals surface area contributed by atoms with Crippen LogP contribution in [-0.2, 0) is 24.8 Å². The molecule has 0 bridgehead atoms. The summed E-state index contributed by atoms with van der Waals surface area (Å²) in [6.07, 6.45) is -0.172. The van der Waals surface area contributed by atoms with Gasteiger partial charge in [0.05, 0.1) is 19.6 Å². The maximum atomic E-state index is 14.2. The van der Waals surface area contributed by atoms with Crippen LogP contribution in [0.15, 0.2) is 23.1 Å². The fourth-order valence-corrected chi connectivity index (χ4v) is 3.70. The summed E-state index contributed by atoms with van der Waals surface area (Å²) >= 11 is 0. The zero-order chi connectivity index (χ0) is 15.8. The fourth-order valence-electron chi connectivity index (χ4n) is 2.21. The lowest BCUT2D eigenvalue weighted by atomic mass is 9.81. The van der Waals surface area contributed by atoms with Gasteiger partial charge >= 0.3 is 5.97 Å². The third kappa shape index (κ3) is 3.08. The van der Waals surface area contributed by atoms with Gasteiger partial charge in [0.2, 0.25) is 0 Å². The Bertz CT molecular complexity index is 662. The van der Waals surface area contributed by atoms with Gasteiger partial charge in [0.15, 0.2) is 9.84 Å². The van der Waals surface area contributed by atoms with E-state index in [1.165, 1.54) is 12.1 Å². The van der Waals surface area contributed by atoms with E-state index >= 15 is 0 Å². The zero-order valence-corrected chi connectivity index (χ0v) is 12.6. The van der Waals surface area contributed by atoms with Crippen molar-refractivity contribution in [3.8, 4) is 0 Å². The number of aliphatic carboxylic acids is 1. The minimum atomic E-state index is -3.73. The van der Waals surface area contributed by atoms with Gasteiger partial charge in [-0.3, -0.25) is 4.79 Å². The first-order valence-electron chi connectivity index (χ1n) is 6.48. The van der Waals surface area contributed by atoms with Crippen LogP contribution in [0.5, 0.6) is 0 Å². The van der Waals surface area contributed by atoms with E-state index in [0.29, 0.717) is 5.56 Å². The smallest absolute Gasteiger partial charge is 0.304 e. The van der Waals surface area contributed by atoms with Crippen LogP contribution in [0.4, 0.5) is 4.39 Å². The second kappa shape index (κ2) is 5.38. The van der Waals surface area contributed by atoms with Crippen molar-refractivity contribution in [1.29, 1.82) is 0 Å².